The molecule has 2 rings (SSSR count). The lowest BCUT2D eigenvalue weighted by Gasteiger charge is -2.09. The van der Waals surface area contributed by atoms with Crippen LogP contribution in [-0.2, 0) is 10.0 Å². The monoisotopic (exact) mass is 389 g/mol. The molecule has 2 aromatic carbocycles. The molecule has 1 N–H and O–H groups in total. The summed E-state index contributed by atoms with van der Waals surface area (Å²) in [7, 11) is -3.58. The molecule has 0 aromatic heterocycles. The number of sulfonamides is 1. The number of anilines is 1. The molecular weight excluding hydrogens is 382 g/mol. The summed E-state index contributed by atoms with van der Waals surface area (Å²) in [6, 6.07) is 13.7. The van der Waals surface area contributed by atoms with Crippen LogP contribution in [0.25, 0.3) is 0 Å². The summed E-state index contributed by atoms with van der Waals surface area (Å²) in [6.07, 6.45) is 0. The summed E-state index contributed by atoms with van der Waals surface area (Å²) in [5, 5.41) is 0. The molecule has 2 aromatic rings. The molecule has 0 radical (unpaired) electrons. The van der Waals surface area contributed by atoms with E-state index in [1.165, 1.54) is 0 Å². The van der Waals surface area contributed by atoms with Crippen LogP contribution in [0, 0.1) is 0 Å². The largest absolute Gasteiger partial charge is 0.280 e. The molecular formula is C12H9Br2NO2S. The van der Waals surface area contributed by atoms with E-state index in [9.17, 15) is 8.42 Å². The zero-order valence-corrected chi connectivity index (χ0v) is 13.1. The second-order valence-corrected chi connectivity index (χ2v) is 6.97. The Labute approximate surface area is 123 Å². The first-order valence-electron chi connectivity index (χ1n) is 5.02. The Morgan fingerprint density at radius 1 is 0.944 bits per heavy atom. The van der Waals surface area contributed by atoms with Crippen molar-refractivity contribution in [2.45, 2.75) is 4.90 Å². The van der Waals surface area contributed by atoms with E-state index in [1.54, 1.807) is 42.5 Å². The quantitative estimate of drug-likeness (QED) is 0.860. The molecule has 0 bridgehead atoms. The first-order valence-corrected chi connectivity index (χ1v) is 8.09. The maximum Gasteiger partial charge on any atom is 0.263 e. The van der Waals surface area contributed by atoms with Gasteiger partial charge in [0.25, 0.3) is 10.0 Å². The number of nitrogens with one attached hydrogen (secondary N) is 1. The van der Waals surface area contributed by atoms with Gasteiger partial charge in [0.05, 0.1) is 0 Å². The van der Waals surface area contributed by atoms with Crippen LogP contribution in [0.5, 0.6) is 0 Å². The van der Waals surface area contributed by atoms with Crippen molar-refractivity contribution in [3.8, 4) is 0 Å². The summed E-state index contributed by atoms with van der Waals surface area (Å²) in [4.78, 5) is 0.203. The Balaban J connectivity index is 2.37. The standard InChI is InChI=1S/C12H9Br2NO2S/c13-9-6-7-12(11(14)8-9)18(16,17)15-10-4-2-1-3-5-10/h1-8,15H. The summed E-state index contributed by atoms with van der Waals surface area (Å²) in [5.41, 5.74) is 0.535. The number of benzene rings is 2. The van der Waals surface area contributed by atoms with Crippen molar-refractivity contribution >= 4 is 47.6 Å². The summed E-state index contributed by atoms with van der Waals surface area (Å²) in [5.74, 6) is 0. The molecule has 6 heteroatoms. The fourth-order valence-corrected chi connectivity index (χ4v) is 4.22. The van der Waals surface area contributed by atoms with E-state index in [4.69, 9.17) is 0 Å². The number of halogens is 2. The molecule has 18 heavy (non-hydrogen) atoms. The lowest BCUT2D eigenvalue weighted by atomic mass is 10.3. The normalized spacial score (nSPS) is 11.2. The predicted octanol–water partition coefficient (Wildman–Crippen LogP) is 4.01. The second kappa shape index (κ2) is 5.42. The molecule has 0 unspecified atom stereocenters. The second-order valence-electron chi connectivity index (χ2n) is 3.55. The predicted molar refractivity (Wildman–Crippen MR) is 79.1 cm³/mol. The highest BCUT2D eigenvalue weighted by Gasteiger charge is 2.17. The Hall–Kier alpha value is -0.850. The Bertz CT molecular complexity index is 657. The first kappa shape index (κ1) is 13.6. The van der Waals surface area contributed by atoms with Crippen molar-refractivity contribution < 1.29 is 8.42 Å². The lowest BCUT2D eigenvalue weighted by Crippen LogP contribution is -2.13. The minimum absolute atomic E-state index is 0.203. The molecule has 0 spiro atoms. The van der Waals surface area contributed by atoms with Crippen LogP contribution in [0.4, 0.5) is 5.69 Å². The van der Waals surface area contributed by atoms with Gasteiger partial charge in [0.15, 0.2) is 0 Å². The molecule has 0 aliphatic heterocycles. The Morgan fingerprint density at radius 2 is 1.61 bits per heavy atom. The Kier molecular flexibility index (Phi) is 4.09. The highest BCUT2D eigenvalue weighted by Crippen LogP contribution is 2.27. The van der Waals surface area contributed by atoms with Crippen LogP contribution < -0.4 is 4.72 Å². The molecule has 0 fully saturated rings. The van der Waals surface area contributed by atoms with E-state index in [2.05, 4.69) is 36.6 Å². The van der Waals surface area contributed by atoms with E-state index in [0.29, 0.717) is 10.2 Å². The number of hydrogen-bond acceptors (Lipinski definition) is 2. The smallest absolute Gasteiger partial charge is 0.263 e. The third-order valence-corrected chi connectivity index (χ3v) is 5.06. The minimum atomic E-state index is -3.58. The van der Waals surface area contributed by atoms with Crippen molar-refractivity contribution in [3.63, 3.8) is 0 Å². The van der Waals surface area contributed by atoms with Crippen molar-refractivity contribution in [2.75, 3.05) is 4.72 Å². The van der Waals surface area contributed by atoms with E-state index in [1.807, 2.05) is 6.07 Å². The van der Waals surface area contributed by atoms with Gasteiger partial charge in [-0.1, -0.05) is 34.1 Å². The van der Waals surface area contributed by atoms with Crippen molar-refractivity contribution in [1.82, 2.24) is 0 Å². The molecule has 0 amide bonds. The van der Waals surface area contributed by atoms with Gasteiger partial charge >= 0.3 is 0 Å². The van der Waals surface area contributed by atoms with E-state index < -0.39 is 10.0 Å². The molecule has 94 valence electrons. The molecule has 3 nitrogen and oxygen atoms in total. The van der Waals surface area contributed by atoms with Crippen LogP contribution in [0.2, 0.25) is 0 Å². The number of rotatable bonds is 3. The van der Waals surface area contributed by atoms with Crippen LogP contribution >= 0.6 is 31.9 Å². The van der Waals surface area contributed by atoms with E-state index in [-0.39, 0.29) is 4.90 Å². The van der Waals surface area contributed by atoms with Crippen LogP contribution in [0.15, 0.2) is 62.4 Å². The minimum Gasteiger partial charge on any atom is -0.280 e. The molecule has 0 heterocycles. The highest BCUT2D eigenvalue weighted by atomic mass is 79.9. The van der Waals surface area contributed by atoms with E-state index in [0.717, 1.165) is 4.47 Å². The van der Waals surface area contributed by atoms with Gasteiger partial charge in [0.2, 0.25) is 0 Å². The van der Waals surface area contributed by atoms with Gasteiger partial charge in [-0.15, -0.1) is 0 Å². The van der Waals surface area contributed by atoms with Crippen molar-refractivity contribution in [2.24, 2.45) is 0 Å². The molecule has 0 atom stereocenters. The Morgan fingerprint density at radius 3 is 2.22 bits per heavy atom. The van der Waals surface area contributed by atoms with Crippen molar-refractivity contribution in [1.29, 1.82) is 0 Å². The van der Waals surface area contributed by atoms with Gasteiger partial charge in [-0.25, -0.2) is 8.42 Å². The van der Waals surface area contributed by atoms with Gasteiger partial charge in [0, 0.05) is 14.6 Å². The van der Waals surface area contributed by atoms with E-state index >= 15 is 0 Å². The van der Waals surface area contributed by atoms with Crippen molar-refractivity contribution in [3.05, 3.63) is 57.5 Å². The molecule has 0 saturated carbocycles. The fourth-order valence-electron chi connectivity index (χ4n) is 1.41. The summed E-state index contributed by atoms with van der Waals surface area (Å²) < 4.78 is 28.2. The maximum absolute atomic E-state index is 12.2. The zero-order valence-electron chi connectivity index (χ0n) is 9.10. The number of hydrogen-bond donors (Lipinski definition) is 1. The SMILES string of the molecule is O=S(=O)(Nc1ccccc1)c1ccc(Br)cc1Br. The lowest BCUT2D eigenvalue weighted by molar-refractivity contribution is 0.600. The summed E-state index contributed by atoms with van der Waals surface area (Å²) >= 11 is 6.53. The average molecular weight is 391 g/mol. The molecule has 0 saturated heterocycles. The third-order valence-electron chi connectivity index (χ3n) is 2.21. The van der Waals surface area contributed by atoms with Crippen LogP contribution in [0.3, 0.4) is 0 Å². The third kappa shape index (κ3) is 3.13. The average Bonchev–Trinajstić information content (AvgIpc) is 2.29. The van der Waals surface area contributed by atoms with Gasteiger partial charge in [0.1, 0.15) is 4.90 Å². The van der Waals surface area contributed by atoms with Gasteiger partial charge < -0.3 is 0 Å². The van der Waals surface area contributed by atoms with Gasteiger partial charge in [-0.2, -0.15) is 0 Å². The van der Waals surface area contributed by atoms with Crippen LogP contribution in [-0.4, -0.2) is 8.42 Å². The van der Waals surface area contributed by atoms with Crippen LogP contribution in [0.1, 0.15) is 0 Å². The van der Waals surface area contributed by atoms with Gasteiger partial charge in [-0.3, -0.25) is 4.72 Å². The fraction of sp³-hybridized carbons (Fsp3) is 0. The number of para-hydroxylation sites is 1. The first-order chi connectivity index (χ1) is 8.49. The highest BCUT2D eigenvalue weighted by molar-refractivity contribution is 9.11. The molecule has 0 aliphatic carbocycles. The maximum atomic E-state index is 12.2. The summed E-state index contributed by atoms with van der Waals surface area (Å²) in [6.45, 7) is 0. The topological polar surface area (TPSA) is 46.2 Å². The van der Waals surface area contributed by atoms with Gasteiger partial charge in [-0.05, 0) is 46.3 Å². The molecule has 0 aliphatic rings. The zero-order chi connectivity index (χ0) is 13.2.